The van der Waals surface area contributed by atoms with E-state index in [2.05, 4.69) is 24.3 Å². The van der Waals surface area contributed by atoms with Gasteiger partial charge >= 0.3 is 0 Å². The first-order valence-corrected chi connectivity index (χ1v) is 10.1. The van der Waals surface area contributed by atoms with Crippen molar-refractivity contribution in [2.24, 2.45) is 5.92 Å². The van der Waals surface area contributed by atoms with Crippen LogP contribution in [0, 0.1) is 19.8 Å². The van der Waals surface area contributed by atoms with Gasteiger partial charge in [-0.05, 0) is 38.0 Å². The standard InChI is InChI=1S/C21H26N4O2S/c1-13(2)11-25-21-17(15(4)23-25)10-18(28-21)20(27)24(5)12-19(26)22-16-8-6-14(3)7-9-16/h6-10,13H,11-12H2,1-5H3,(H,22,26). The lowest BCUT2D eigenvalue weighted by Crippen LogP contribution is -2.34. The summed E-state index contributed by atoms with van der Waals surface area (Å²) in [6.07, 6.45) is 0. The minimum absolute atomic E-state index is 0.00193. The summed E-state index contributed by atoms with van der Waals surface area (Å²) in [7, 11) is 1.65. The molecule has 6 nitrogen and oxygen atoms in total. The van der Waals surface area contributed by atoms with Gasteiger partial charge in [0, 0.05) is 24.7 Å². The molecule has 1 N–H and O–H groups in total. The lowest BCUT2D eigenvalue weighted by atomic mass is 10.2. The van der Waals surface area contributed by atoms with Crippen LogP contribution in [-0.4, -0.2) is 40.1 Å². The third-order valence-electron chi connectivity index (χ3n) is 4.42. The Labute approximate surface area is 169 Å². The molecule has 0 aliphatic carbocycles. The van der Waals surface area contributed by atoms with Crippen molar-refractivity contribution in [2.45, 2.75) is 34.2 Å². The number of fused-ring (bicyclic) bond motifs is 1. The summed E-state index contributed by atoms with van der Waals surface area (Å²) in [5.41, 5.74) is 2.77. The first kappa shape index (κ1) is 20.1. The molecular formula is C21H26N4O2S. The Kier molecular flexibility index (Phi) is 5.84. The SMILES string of the molecule is Cc1ccc(NC(=O)CN(C)C(=O)c2cc3c(C)nn(CC(C)C)c3s2)cc1. The minimum Gasteiger partial charge on any atom is -0.332 e. The molecule has 0 aliphatic heterocycles. The second-order valence-corrected chi connectivity index (χ2v) is 8.60. The number of likely N-dealkylation sites (N-methyl/N-ethyl adjacent to an activating group) is 1. The summed E-state index contributed by atoms with van der Waals surface area (Å²) in [5, 5.41) is 8.40. The van der Waals surface area contributed by atoms with E-state index in [-0.39, 0.29) is 18.4 Å². The molecule has 0 unspecified atom stereocenters. The summed E-state index contributed by atoms with van der Waals surface area (Å²) >= 11 is 1.43. The highest BCUT2D eigenvalue weighted by Crippen LogP contribution is 2.29. The van der Waals surface area contributed by atoms with E-state index in [1.54, 1.807) is 7.05 Å². The summed E-state index contributed by atoms with van der Waals surface area (Å²) in [6, 6.07) is 9.46. The Bertz CT molecular complexity index is 1000. The zero-order valence-corrected chi connectivity index (χ0v) is 17.8. The molecule has 7 heteroatoms. The van der Waals surface area contributed by atoms with Crippen molar-refractivity contribution in [3.8, 4) is 0 Å². The number of carbonyl (C=O) groups is 2. The van der Waals surface area contributed by atoms with Crippen molar-refractivity contribution >= 4 is 39.1 Å². The fourth-order valence-corrected chi connectivity index (χ4v) is 4.17. The number of amides is 2. The maximum atomic E-state index is 12.8. The molecule has 0 saturated heterocycles. The summed E-state index contributed by atoms with van der Waals surface area (Å²) in [5.74, 6) is 0.0932. The van der Waals surface area contributed by atoms with Crippen molar-refractivity contribution < 1.29 is 9.59 Å². The molecule has 0 atom stereocenters. The third kappa shape index (κ3) is 4.42. The van der Waals surface area contributed by atoms with Crippen LogP contribution in [0.15, 0.2) is 30.3 Å². The highest BCUT2D eigenvalue weighted by atomic mass is 32.1. The van der Waals surface area contributed by atoms with Crippen molar-refractivity contribution in [3.63, 3.8) is 0 Å². The molecule has 3 rings (SSSR count). The number of rotatable bonds is 6. The van der Waals surface area contributed by atoms with Gasteiger partial charge in [0.05, 0.1) is 17.1 Å². The molecule has 0 aliphatic rings. The van der Waals surface area contributed by atoms with Gasteiger partial charge in [-0.1, -0.05) is 31.5 Å². The molecule has 2 aromatic heterocycles. The molecule has 0 radical (unpaired) electrons. The van der Waals surface area contributed by atoms with E-state index in [4.69, 9.17) is 0 Å². The number of benzene rings is 1. The van der Waals surface area contributed by atoms with Crippen LogP contribution < -0.4 is 5.32 Å². The molecule has 0 spiro atoms. The maximum Gasteiger partial charge on any atom is 0.264 e. The Morgan fingerprint density at radius 2 is 1.89 bits per heavy atom. The fraction of sp³-hybridized carbons (Fsp3) is 0.381. The number of hydrogen-bond acceptors (Lipinski definition) is 4. The van der Waals surface area contributed by atoms with E-state index in [1.807, 2.05) is 48.9 Å². The minimum atomic E-state index is -0.219. The Balaban J connectivity index is 1.70. The Hall–Kier alpha value is -2.67. The van der Waals surface area contributed by atoms with Crippen LogP contribution >= 0.6 is 11.3 Å². The van der Waals surface area contributed by atoms with Crippen molar-refractivity contribution in [3.05, 3.63) is 46.5 Å². The van der Waals surface area contributed by atoms with Gasteiger partial charge < -0.3 is 10.2 Å². The van der Waals surface area contributed by atoms with Crippen LogP contribution in [0.5, 0.6) is 0 Å². The van der Waals surface area contributed by atoms with E-state index in [0.717, 1.165) is 33.7 Å². The Morgan fingerprint density at radius 1 is 1.21 bits per heavy atom. The predicted molar refractivity (Wildman–Crippen MR) is 114 cm³/mol. The second-order valence-electron chi connectivity index (χ2n) is 7.57. The average molecular weight is 399 g/mol. The van der Waals surface area contributed by atoms with E-state index in [9.17, 15) is 9.59 Å². The van der Waals surface area contributed by atoms with Gasteiger partial charge in [-0.3, -0.25) is 14.3 Å². The van der Waals surface area contributed by atoms with Gasteiger partial charge in [0.1, 0.15) is 4.83 Å². The van der Waals surface area contributed by atoms with Gasteiger partial charge in [-0.2, -0.15) is 5.10 Å². The molecule has 2 amide bonds. The summed E-state index contributed by atoms with van der Waals surface area (Å²) < 4.78 is 1.97. The third-order valence-corrected chi connectivity index (χ3v) is 5.56. The van der Waals surface area contributed by atoms with E-state index >= 15 is 0 Å². The van der Waals surface area contributed by atoms with Gasteiger partial charge in [0.15, 0.2) is 0 Å². The van der Waals surface area contributed by atoms with Crippen molar-refractivity contribution in [1.29, 1.82) is 0 Å². The monoisotopic (exact) mass is 398 g/mol. The van der Waals surface area contributed by atoms with Crippen LogP contribution in [0.25, 0.3) is 10.2 Å². The van der Waals surface area contributed by atoms with Crippen LogP contribution in [-0.2, 0) is 11.3 Å². The van der Waals surface area contributed by atoms with E-state index in [0.29, 0.717) is 10.8 Å². The topological polar surface area (TPSA) is 67.2 Å². The lowest BCUT2D eigenvalue weighted by Gasteiger charge is -2.16. The zero-order valence-electron chi connectivity index (χ0n) is 16.9. The highest BCUT2D eigenvalue weighted by molar-refractivity contribution is 7.20. The van der Waals surface area contributed by atoms with E-state index in [1.165, 1.54) is 16.2 Å². The molecule has 148 valence electrons. The highest BCUT2D eigenvalue weighted by Gasteiger charge is 2.20. The normalized spacial score (nSPS) is 11.2. The number of aromatic nitrogens is 2. The van der Waals surface area contributed by atoms with Crippen molar-refractivity contribution in [2.75, 3.05) is 18.9 Å². The number of nitrogens with zero attached hydrogens (tertiary/aromatic N) is 3. The van der Waals surface area contributed by atoms with Gasteiger partial charge in [-0.15, -0.1) is 11.3 Å². The average Bonchev–Trinajstić information content (AvgIpc) is 3.17. The number of nitrogens with one attached hydrogen (secondary N) is 1. The maximum absolute atomic E-state index is 12.8. The van der Waals surface area contributed by atoms with Gasteiger partial charge in [0.25, 0.3) is 5.91 Å². The smallest absolute Gasteiger partial charge is 0.264 e. The molecule has 28 heavy (non-hydrogen) atoms. The zero-order chi connectivity index (χ0) is 20.4. The van der Waals surface area contributed by atoms with Crippen LogP contribution in [0.4, 0.5) is 5.69 Å². The van der Waals surface area contributed by atoms with Crippen LogP contribution in [0.2, 0.25) is 0 Å². The first-order chi connectivity index (χ1) is 13.2. The summed E-state index contributed by atoms with van der Waals surface area (Å²) in [4.78, 5) is 28.2. The van der Waals surface area contributed by atoms with Crippen LogP contribution in [0.3, 0.4) is 0 Å². The molecular weight excluding hydrogens is 372 g/mol. The quantitative estimate of drug-likeness (QED) is 0.680. The molecule has 0 bridgehead atoms. The molecule has 0 saturated carbocycles. The molecule has 1 aromatic carbocycles. The lowest BCUT2D eigenvalue weighted by molar-refractivity contribution is -0.116. The van der Waals surface area contributed by atoms with Crippen molar-refractivity contribution in [1.82, 2.24) is 14.7 Å². The predicted octanol–water partition coefficient (Wildman–Crippen LogP) is 4.08. The molecule has 0 fully saturated rings. The van der Waals surface area contributed by atoms with Crippen LogP contribution in [0.1, 0.15) is 34.8 Å². The number of aryl methyl sites for hydroxylation is 2. The molecule has 2 heterocycles. The Morgan fingerprint density at radius 3 is 2.54 bits per heavy atom. The summed E-state index contributed by atoms with van der Waals surface area (Å²) in [6.45, 7) is 9.04. The largest absolute Gasteiger partial charge is 0.332 e. The molecule has 3 aromatic rings. The second kappa shape index (κ2) is 8.14. The number of hydrogen-bond donors (Lipinski definition) is 1. The van der Waals surface area contributed by atoms with Gasteiger partial charge in [-0.25, -0.2) is 0 Å². The first-order valence-electron chi connectivity index (χ1n) is 9.33. The van der Waals surface area contributed by atoms with E-state index < -0.39 is 0 Å². The number of anilines is 1. The number of thiophene rings is 1. The van der Waals surface area contributed by atoms with Gasteiger partial charge in [0.2, 0.25) is 5.91 Å². The fourth-order valence-electron chi connectivity index (χ4n) is 3.00. The number of carbonyl (C=O) groups excluding carboxylic acids is 2.